The predicted molar refractivity (Wildman–Crippen MR) is 64.1 cm³/mol. The van der Waals surface area contributed by atoms with Gasteiger partial charge >= 0.3 is 0 Å². The minimum Gasteiger partial charge on any atom is -0.489 e. The van der Waals surface area contributed by atoms with Crippen molar-refractivity contribution in [1.82, 2.24) is 5.32 Å². The van der Waals surface area contributed by atoms with E-state index in [1.165, 1.54) is 0 Å². The molecule has 1 heterocycles. The normalized spacial score (nSPS) is 20.4. The second kappa shape index (κ2) is 4.62. The number of likely N-dealkylation sites (N-methyl/N-ethyl adjacent to an activating group) is 1. The fourth-order valence-corrected chi connectivity index (χ4v) is 2.31. The maximum absolute atomic E-state index is 9.88. The first-order valence-corrected chi connectivity index (χ1v) is 5.81. The van der Waals surface area contributed by atoms with Crippen LogP contribution in [0.3, 0.4) is 0 Å². The minimum absolute atomic E-state index is 0.171. The van der Waals surface area contributed by atoms with E-state index in [4.69, 9.17) is 16.3 Å². The molecule has 0 saturated heterocycles. The second-order valence-electron chi connectivity index (χ2n) is 4.20. The van der Waals surface area contributed by atoms with E-state index >= 15 is 0 Å². The van der Waals surface area contributed by atoms with Crippen LogP contribution in [0.5, 0.6) is 5.75 Å². The highest BCUT2D eigenvalue weighted by Crippen LogP contribution is 2.38. The van der Waals surface area contributed by atoms with Crippen LogP contribution in [0.25, 0.3) is 0 Å². The number of aliphatic hydroxyl groups excluding tert-OH is 1. The topological polar surface area (TPSA) is 41.5 Å². The summed E-state index contributed by atoms with van der Waals surface area (Å²) in [6, 6.07) is 3.76. The smallest absolute Gasteiger partial charge is 0.141 e. The van der Waals surface area contributed by atoms with Gasteiger partial charge in [-0.2, -0.15) is 0 Å². The molecule has 1 aliphatic heterocycles. The summed E-state index contributed by atoms with van der Waals surface area (Å²) in [6.07, 6.45) is 0.503. The Morgan fingerprint density at radius 3 is 3.06 bits per heavy atom. The maximum Gasteiger partial charge on any atom is 0.141 e. The lowest BCUT2D eigenvalue weighted by Crippen LogP contribution is -2.16. The Bertz CT molecular complexity index is 395. The lowest BCUT2D eigenvalue weighted by Gasteiger charge is -2.12. The predicted octanol–water partition coefficient (Wildman–Crippen LogP) is 1.92. The maximum atomic E-state index is 9.88. The zero-order valence-corrected chi connectivity index (χ0v) is 10.2. The first kappa shape index (κ1) is 11.7. The number of ether oxygens (including phenoxy) is 1. The van der Waals surface area contributed by atoms with Crippen LogP contribution in [0.4, 0.5) is 0 Å². The molecular weight excluding hydrogens is 226 g/mol. The van der Waals surface area contributed by atoms with Crippen LogP contribution in [0.2, 0.25) is 5.02 Å². The van der Waals surface area contributed by atoms with Gasteiger partial charge in [-0.05, 0) is 37.2 Å². The summed E-state index contributed by atoms with van der Waals surface area (Å²) >= 11 is 6.13. The van der Waals surface area contributed by atoms with Gasteiger partial charge in [0.25, 0.3) is 0 Å². The largest absolute Gasteiger partial charge is 0.489 e. The van der Waals surface area contributed by atoms with E-state index in [-0.39, 0.29) is 6.10 Å². The molecule has 0 radical (unpaired) electrons. The van der Waals surface area contributed by atoms with E-state index in [0.29, 0.717) is 11.6 Å². The van der Waals surface area contributed by atoms with E-state index in [1.54, 1.807) is 6.07 Å². The standard InChI is InChI=1S/C12H16ClNO2/c1-7-3-9-4-8(11(15)6-14-2)5-10(13)12(9)16-7/h4-5,7,11,14-15H,3,6H2,1-2H3. The fourth-order valence-electron chi connectivity index (χ4n) is 2.01. The third kappa shape index (κ3) is 2.17. The van der Waals surface area contributed by atoms with Crippen LogP contribution in [-0.2, 0) is 6.42 Å². The summed E-state index contributed by atoms with van der Waals surface area (Å²) in [5.41, 5.74) is 1.93. The Morgan fingerprint density at radius 2 is 2.38 bits per heavy atom. The highest BCUT2D eigenvalue weighted by Gasteiger charge is 2.23. The van der Waals surface area contributed by atoms with E-state index in [1.807, 2.05) is 20.0 Å². The van der Waals surface area contributed by atoms with Crippen molar-refractivity contribution < 1.29 is 9.84 Å². The number of rotatable bonds is 3. The lowest BCUT2D eigenvalue weighted by molar-refractivity contribution is 0.177. The van der Waals surface area contributed by atoms with Crippen molar-refractivity contribution in [3.63, 3.8) is 0 Å². The molecule has 1 aliphatic rings. The second-order valence-corrected chi connectivity index (χ2v) is 4.60. The van der Waals surface area contributed by atoms with E-state index in [9.17, 15) is 5.11 Å². The summed E-state index contributed by atoms with van der Waals surface area (Å²) in [5.74, 6) is 0.773. The van der Waals surface area contributed by atoms with Crippen molar-refractivity contribution in [3.8, 4) is 5.75 Å². The first-order valence-electron chi connectivity index (χ1n) is 5.43. The van der Waals surface area contributed by atoms with Crippen molar-refractivity contribution in [3.05, 3.63) is 28.3 Å². The van der Waals surface area contributed by atoms with Crippen molar-refractivity contribution >= 4 is 11.6 Å². The highest BCUT2D eigenvalue weighted by molar-refractivity contribution is 6.32. The molecule has 0 spiro atoms. The zero-order chi connectivity index (χ0) is 11.7. The molecule has 1 aromatic rings. The molecule has 2 N–H and O–H groups in total. The number of halogens is 1. The number of fused-ring (bicyclic) bond motifs is 1. The Kier molecular flexibility index (Phi) is 3.38. The van der Waals surface area contributed by atoms with Crippen LogP contribution < -0.4 is 10.1 Å². The quantitative estimate of drug-likeness (QED) is 0.850. The Labute approximate surface area is 100 Å². The van der Waals surface area contributed by atoms with Crippen LogP contribution >= 0.6 is 11.6 Å². The summed E-state index contributed by atoms with van der Waals surface area (Å²) in [4.78, 5) is 0. The van der Waals surface area contributed by atoms with Gasteiger partial charge in [0.2, 0.25) is 0 Å². The van der Waals surface area contributed by atoms with Crippen molar-refractivity contribution in [2.24, 2.45) is 0 Å². The lowest BCUT2D eigenvalue weighted by atomic mass is 10.0. The van der Waals surface area contributed by atoms with Crippen molar-refractivity contribution in [2.45, 2.75) is 25.6 Å². The number of hydrogen-bond acceptors (Lipinski definition) is 3. The van der Waals surface area contributed by atoms with Crippen LogP contribution in [0, 0.1) is 0 Å². The van der Waals surface area contributed by atoms with Gasteiger partial charge in [-0.25, -0.2) is 0 Å². The summed E-state index contributed by atoms with van der Waals surface area (Å²) < 4.78 is 5.60. The molecule has 3 nitrogen and oxygen atoms in total. The van der Waals surface area contributed by atoms with Crippen LogP contribution in [0.15, 0.2) is 12.1 Å². The molecule has 2 rings (SSSR count). The molecule has 0 aromatic heterocycles. The van der Waals surface area contributed by atoms with Crippen molar-refractivity contribution in [1.29, 1.82) is 0 Å². The number of nitrogens with one attached hydrogen (secondary N) is 1. The molecule has 2 unspecified atom stereocenters. The molecular formula is C12H16ClNO2. The average molecular weight is 242 g/mol. The summed E-state index contributed by atoms with van der Waals surface area (Å²) in [6.45, 7) is 2.53. The van der Waals surface area contributed by atoms with Crippen LogP contribution in [-0.4, -0.2) is 24.8 Å². The van der Waals surface area contributed by atoms with Gasteiger partial charge in [-0.15, -0.1) is 0 Å². The molecule has 0 amide bonds. The van der Waals surface area contributed by atoms with Gasteiger partial charge in [-0.1, -0.05) is 11.6 Å². The van der Waals surface area contributed by atoms with Crippen LogP contribution in [0.1, 0.15) is 24.2 Å². The molecule has 1 aromatic carbocycles. The molecule has 2 atom stereocenters. The van der Waals surface area contributed by atoms with Gasteiger partial charge in [0, 0.05) is 13.0 Å². The van der Waals surface area contributed by atoms with E-state index in [2.05, 4.69) is 5.32 Å². The van der Waals surface area contributed by atoms with Gasteiger partial charge < -0.3 is 15.2 Å². The minimum atomic E-state index is -0.524. The molecule has 88 valence electrons. The van der Waals surface area contributed by atoms with Gasteiger partial charge in [0.05, 0.1) is 11.1 Å². The molecule has 0 saturated carbocycles. The van der Waals surface area contributed by atoms with Gasteiger partial charge in [-0.3, -0.25) is 0 Å². The number of benzene rings is 1. The zero-order valence-electron chi connectivity index (χ0n) is 9.46. The Hall–Kier alpha value is -0.770. The average Bonchev–Trinajstić information content (AvgIpc) is 2.59. The third-order valence-corrected chi connectivity index (χ3v) is 3.03. The molecule has 0 aliphatic carbocycles. The Morgan fingerprint density at radius 1 is 1.62 bits per heavy atom. The molecule has 0 fully saturated rings. The SMILES string of the molecule is CNCC(O)c1cc(Cl)c2c(c1)CC(C)O2. The summed E-state index contributed by atoms with van der Waals surface area (Å²) in [5, 5.41) is 13.4. The van der Waals surface area contributed by atoms with Gasteiger partial charge in [0.15, 0.2) is 0 Å². The fraction of sp³-hybridized carbons (Fsp3) is 0.500. The summed E-state index contributed by atoms with van der Waals surface area (Å²) in [7, 11) is 1.81. The molecule has 4 heteroatoms. The number of aliphatic hydroxyl groups is 1. The monoisotopic (exact) mass is 241 g/mol. The third-order valence-electron chi connectivity index (χ3n) is 2.75. The Balaban J connectivity index is 2.31. The highest BCUT2D eigenvalue weighted by atomic mass is 35.5. The number of hydrogen-bond donors (Lipinski definition) is 2. The van der Waals surface area contributed by atoms with E-state index in [0.717, 1.165) is 23.3 Å². The molecule has 0 bridgehead atoms. The van der Waals surface area contributed by atoms with Gasteiger partial charge in [0.1, 0.15) is 11.9 Å². The molecule has 16 heavy (non-hydrogen) atoms. The first-order chi connectivity index (χ1) is 7.61. The van der Waals surface area contributed by atoms with E-state index < -0.39 is 6.10 Å². The van der Waals surface area contributed by atoms with Crippen molar-refractivity contribution in [2.75, 3.05) is 13.6 Å².